The summed E-state index contributed by atoms with van der Waals surface area (Å²) in [5.74, 6) is -0.118. The number of hydrogen-bond donors (Lipinski definition) is 1. The van der Waals surface area contributed by atoms with Crippen molar-refractivity contribution in [3.8, 4) is 0 Å². The number of rotatable bonds is 4. The van der Waals surface area contributed by atoms with E-state index in [9.17, 15) is 14.9 Å². The van der Waals surface area contributed by atoms with E-state index < -0.39 is 22.6 Å². The summed E-state index contributed by atoms with van der Waals surface area (Å²) in [6, 6.07) is 0.676. The van der Waals surface area contributed by atoms with Gasteiger partial charge in [0.05, 0.1) is 11.0 Å². The number of hydrogen-bond acceptors (Lipinski definition) is 6. The Kier molecular flexibility index (Phi) is 4.13. The van der Waals surface area contributed by atoms with Crippen molar-refractivity contribution in [3.63, 3.8) is 0 Å². The SMILES string of the molecule is CC(NC(=O)c1cc(Cl)ncc1[N+](=O)[O-])c1nncn1C. The first-order valence-electron chi connectivity index (χ1n) is 5.85. The highest BCUT2D eigenvalue weighted by Gasteiger charge is 2.23. The van der Waals surface area contributed by atoms with Gasteiger partial charge < -0.3 is 9.88 Å². The van der Waals surface area contributed by atoms with E-state index in [1.54, 1.807) is 18.5 Å². The van der Waals surface area contributed by atoms with Crippen molar-refractivity contribution < 1.29 is 9.72 Å². The Bertz CT molecular complexity index is 701. The average molecular weight is 311 g/mol. The van der Waals surface area contributed by atoms with Gasteiger partial charge in [-0.05, 0) is 13.0 Å². The number of carbonyl (C=O) groups excluding carboxylic acids is 1. The molecule has 0 saturated heterocycles. The van der Waals surface area contributed by atoms with Crippen LogP contribution in [0, 0.1) is 10.1 Å². The second-order valence-corrected chi connectivity index (χ2v) is 4.66. The maximum absolute atomic E-state index is 12.2. The molecule has 0 spiro atoms. The van der Waals surface area contributed by atoms with E-state index >= 15 is 0 Å². The summed E-state index contributed by atoms with van der Waals surface area (Å²) in [5.41, 5.74) is -0.573. The van der Waals surface area contributed by atoms with Gasteiger partial charge in [-0.1, -0.05) is 11.6 Å². The highest BCUT2D eigenvalue weighted by atomic mass is 35.5. The molecule has 0 aliphatic heterocycles. The Morgan fingerprint density at radius 3 is 2.86 bits per heavy atom. The van der Waals surface area contributed by atoms with Gasteiger partial charge in [0.25, 0.3) is 11.6 Å². The van der Waals surface area contributed by atoms with Crippen molar-refractivity contribution in [2.45, 2.75) is 13.0 Å². The summed E-state index contributed by atoms with van der Waals surface area (Å²) in [7, 11) is 1.73. The molecular weight excluding hydrogens is 300 g/mol. The van der Waals surface area contributed by atoms with Gasteiger partial charge in [0.1, 0.15) is 23.2 Å². The van der Waals surface area contributed by atoms with Gasteiger partial charge >= 0.3 is 0 Å². The van der Waals surface area contributed by atoms with Crippen LogP contribution in [0.2, 0.25) is 5.15 Å². The number of nitrogens with zero attached hydrogens (tertiary/aromatic N) is 5. The molecule has 0 saturated carbocycles. The lowest BCUT2D eigenvalue weighted by molar-refractivity contribution is -0.385. The fourth-order valence-electron chi connectivity index (χ4n) is 1.77. The molecule has 0 bridgehead atoms. The molecule has 110 valence electrons. The number of halogens is 1. The lowest BCUT2D eigenvalue weighted by atomic mass is 10.2. The summed E-state index contributed by atoms with van der Waals surface area (Å²) in [4.78, 5) is 26.0. The van der Waals surface area contributed by atoms with E-state index in [1.807, 2.05) is 0 Å². The third-order valence-corrected chi connectivity index (χ3v) is 2.98. The molecule has 21 heavy (non-hydrogen) atoms. The van der Waals surface area contributed by atoms with E-state index in [0.717, 1.165) is 12.3 Å². The first kappa shape index (κ1) is 14.9. The third kappa shape index (κ3) is 3.14. The van der Waals surface area contributed by atoms with Crippen LogP contribution in [0.1, 0.15) is 29.1 Å². The highest BCUT2D eigenvalue weighted by Crippen LogP contribution is 2.21. The molecule has 2 aromatic heterocycles. The standard InChI is InChI=1S/C11H11ClN6O3/c1-6(10-16-14-5-17(10)2)15-11(19)7-3-9(12)13-4-8(7)18(20)21/h3-6H,1-2H3,(H,15,19). The number of aromatic nitrogens is 4. The summed E-state index contributed by atoms with van der Waals surface area (Å²) >= 11 is 5.69. The van der Waals surface area contributed by atoms with Crippen LogP contribution in [0.4, 0.5) is 5.69 Å². The molecule has 10 heteroatoms. The Balaban J connectivity index is 2.27. The number of nitro groups is 1. The zero-order valence-electron chi connectivity index (χ0n) is 11.1. The summed E-state index contributed by atoms with van der Waals surface area (Å²) in [6.45, 7) is 1.69. The van der Waals surface area contributed by atoms with Gasteiger partial charge in [-0.3, -0.25) is 14.9 Å². The number of pyridine rings is 1. The maximum Gasteiger partial charge on any atom is 0.300 e. The maximum atomic E-state index is 12.2. The number of amides is 1. The van der Waals surface area contributed by atoms with Gasteiger partial charge in [0.2, 0.25) is 0 Å². The van der Waals surface area contributed by atoms with Gasteiger partial charge in [0, 0.05) is 7.05 Å². The minimum absolute atomic E-state index is 0.00272. The van der Waals surface area contributed by atoms with E-state index in [0.29, 0.717) is 5.82 Å². The van der Waals surface area contributed by atoms with Crippen molar-refractivity contribution in [1.82, 2.24) is 25.1 Å². The molecule has 1 N–H and O–H groups in total. The smallest absolute Gasteiger partial charge is 0.300 e. The van der Waals surface area contributed by atoms with Gasteiger partial charge in [-0.25, -0.2) is 4.98 Å². The lowest BCUT2D eigenvalue weighted by Gasteiger charge is -2.13. The predicted molar refractivity (Wildman–Crippen MR) is 72.8 cm³/mol. The normalized spacial score (nSPS) is 12.0. The highest BCUT2D eigenvalue weighted by molar-refractivity contribution is 6.29. The van der Waals surface area contributed by atoms with Crippen LogP contribution in [0.3, 0.4) is 0 Å². The molecule has 2 heterocycles. The molecule has 0 aliphatic carbocycles. The number of nitrogens with one attached hydrogen (secondary N) is 1. The van der Waals surface area contributed by atoms with Crippen molar-refractivity contribution in [3.05, 3.63) is 45.2 Å². The molecule has 0 fully saturated rings. The first-order chi connectivity index (χ1) is 9.90. The lowest BCUT2D eigenvalue weighted by Crippen LogP contribution is -2.29. The average Bonchev–Trinajstić information content (AvgIpc) is 2.84. The molecule has 0 aliphatic rings. The third-order valence-electron chi connectivity index (χ3n) is 2.77. The summed E-state index contributed by atoms with van der Waals surface area (Å²) < 4.78 is 1.64. The zero-order valence-corrected chi connectivity index (χ0v) is 11.9. The minimum Gasteiger partial charge on any atom is -0.342 e. The quantitative estimate of drug-likeness (QED) is 0.516. The van der Waals surface area contributed by atoms with Crippen molar-refractivity contribution >= 4 is 23.2 Å². The summed E-state index contributed by atoms with van der Waals surface area (Å²) in [5, 5.41) is 21.1. The first-order valence-corrected chi connectivity index (χ1v) is 6.22. The van der Waals surface area contributed by atoms with Gasteiger partial charge in [-0.2, -0.15) is 0 Å². The van der Waals surface area contributed by atoms with Gasteiger partial charge in [0.15, 0.2) is 5.82 Å². The second-order valence-electron chi connectivity index (χ2n) is 4.28. The molecule has 2 aromatic rings. The van der Waals surface area contributed by atoms with Crippen molar-refractivity contribution in [2.75, 3.05) is 0 Å². The topological polar surface area (TPSA) is 116 Å². The molecule has 1 unspecified atom stereocenters. The van der Waals surface area contributed by atoms with Crippen LogP contribution < -0.4 is 5.32 Å². The van der Waals surface area contributed by atoms with E-state index in [-0.39, 0.29) is 10.7 Å². The summed E-state index contributed by atoms with van der Waals surface area (Å²) in [6.07, 6.45) is 2.44. The monoisotopic (exact) mass is 310 g/mol. The van der Waals surface area contributed by atoms with Crippen LogP contribution in [0.25, 0.3) is 0 Å². The largest absolute Gasteiger partial charge is 0.342 e. The molecule has 1 amide bonds. The predicted octanol–water partition coefficient (Wildman–Crippen LogP) is 1.26. The number of aryl methyl sites for hydroxylation is 1. The van der Waals surface area contributed by atoms with E-state index in [4.69, 9.17) is 11.6 Å². The fraction of sp³-hybridized carbons (Fsp3) is 0.273. The fourth-order valence-corrected chi connectivity index (χ4v) is 1.93. The van der Waals surface area contributed by atoms with E-state index in [1.165, 1.54) is 6.33 Å². The Morgan fingerprint density at radius 2 is 2.29 bits per heavy atom. The molecule has 0 aromatic carbocycles. The minimum atomic E-state index is -0.689. The van der Waals surface area contributed by atoms with Crippen LogP contribution in [-0.4, -0.2) is 30.6 Å². The number of carbonyl (C=O) groups is 1. The van der Waals surface area contributed by atoms with Gasteiger partial charge in [-0.15, -0.1) is 10.2 Å². The Morgan fingerprint density at radius 1 is 1.57 bits per heavy atom. The van der Waals surface area contributed by atoms with Crippen LogP contribution in [0.15, 0.2) is 18.6 Å². The van der Waals surface area contributed by atoms with E-state index in [2.05, 4.69) is 20.5 Å². The van der Waals surface area contributed by atoms with Crippen molar-refractivity contribution in [1.29, 1.82) is 0 Å². The molecule has 1 atom stereocenters. The Hall–Kier alpha value is -2.55. The second kappa shape index (κ2) is 5.83. The van der Waals surface area contributed by atoms with Crippen LogP contribution in [0.5, 0.6) is 0 Å². The zero-order chi connectivity index (χ0) is 15.6. The molecular formula is C11H11ClN6O3. The van der Waals surface area contributed by atoms with Crippen LogP contribution in [-0.2, 0) is 7.05 Å². The molecule has 2 rings (SSSR count). The molecule has 9 nitrogen and oxygen atoms in total. The molecule has 0 radical (unpaired) electrons. The Labute approximate surface area is 124 Å². The van der Waals surface area contributed by atoms with Crippen LogP contribution >= 0.6 is 11.6 Å². The van der Waals surface area contributed by atoms with Crippen molar-refractivity contribution in [2.24, 2.45) is 7.05 Å².